The van der Waals surface area contributed by atoms with E-state index in [0.29, 0.717) is 17.4 Å². The highest BCUT2D eigenvalue weighted by Crippen LogP contribution is 2.16. The predicted octanol–water partition coefficient (Wildman–Crippen LogP) is 16.1. The summed E-state index contributed by atoms with van der Waals surface area (Å²) in [5, 5.41) is 9.67. The van der Waals surface area contributed by atoms with E-state index < -0.39 is 24.3 Å². The fourth-order valence-electron chi connectivity index (χ4n) is 8.02. The van der Waals surface area contributed by atoms with E-state index in [9.17, 15) is 19.5 Å². The largest absolute Gasteiger partial charge is 0.477 e. The molecule has 0 aromatic rings. The zero-order valence-electron chi connectivity index (χ0n) is 44.6. The van der Waals surface area contributed by atoms with Crippen molar-refractivity contribution in [3.05, 3.63) is 36.5 Å². The standard InChI is InChI=1S/C58H107NO8/c1-6-8-10-12-14-16-18-19-20-21-22-23-24-25-26-27-28-29-30-31-32-33-34-35-36-37-39-41-43-45-47-49-56(61)67-54(53-66-58(57(62)63)64-51-50-59(3,4)5)52-65-55(60)48-46-44-42-40-38-17-15-13-11-9-7-2/h18-19,21-22,24-25,54,58H,6-17,20,23,26-53H2,1-5H3/p+1/b19-18-,22-21-,25-24-. The molecule has 0 aromatic heterocycles. The molecule has 2 atom stereocenters. The van der Waals surface area contributed by atoms with Crippen LogP contribution in [0.5, 0.6) is 0 Å². The smallest absolute Gasteiger partial charge is 0.361 e. The first-order chi connectivity index (χ1) is 32.6. The van der Waals surface area contributed by atoms with Crippen molar-refractivity contribution < 1.29 is 42.9 Å². The van der Waals surface area contributed by atoms with Crippen molar-refractivity contribution in [3.8, 4) is 0 Å². The second-order valence-electron chi connectivity index (χ2n) is 20.3. The van der Waals surface area contributed by atoms with Gasteiger partial charge in [0.25, 0.3) is 6.29 Å². The summed E-state index contributed by atoms with van der Waals surface area (Å²) < 4.78 is 22.8. The minimum absolute atomic E-state index is 0.178. The lowest BCUT2D eigenvalue weighted by Crippen LogP contribution is -2.40. The number of hydrogen-bond donors (Lipinski definition) is 1. The Morgan fingerprint density at radius 1 is 0.448 bits per heavy atom. The van der Waals surface area contributed by atoms with Gasteiger partial charge >= 0.3 is 17.9 Å². The molecule has 0 aromatic carbocycles. The summed E-state index contributed by atoms with van der Waals surface area (Å²) in [7, 11) is 5.97. The molecule has 0 bridgehead atoms. The van der Waals surface area contributed by atoms with Gasteiger partial charge in [0.05, 0.1) is 34.4 Å². The number of hydrogen-bond acceptors (Lipinski definition) is 7. The van der Waals surface area contributed by atoms with Crippen molar-refractivity contribution in [2.45, 2.75) is 270 Å². The molecule has 9 heteroatoms. The molecule has 0 saturated heterocycles. The Labute approximate surface area is 413 Å². The SMILES string of the molecule is CCCCCCC/C=C\C/C=C\C/C=C\CCCCCCCCCCCCCCCCCCC(=O)OC(COC(=O)CCCCCCCCCCCCC)COC(OCC[N+](C)(C)C)C(=O)O. The lowest BCUT2D eigenvalue weighted by atomic mass is 10.0. The van der Waals surface area contributed by atoms with Crippen LogP contribution in [0.2, 0.25) is 0 Å². The zero-order valence-corrected chi connectivity index (χ0v) is 44.6. The zero-order chi connectivity index (χ0) is 49.2. The second kappa shape index (κ2) is 49.9. The molecular weight excluding hydrogens is 839 g/mol. The number of unbranched alkanes of at least 4 members (excludes halogenated alkanes) is 31. The summed E-state index contributed by atoms with van der Waals surface area (Å²) in [6, 6.07) is 0. The molecule has 67 heavy (non-hydrogen) atoms. The molecule has 0 aliphatic heterocycles. The van der Waals surface area contributed by atoms with Crippen LogP contribution in [-0.4, -0.2) is 87.4 Å². The Morgan fingerprint density at radius 2 is 0.806 bits per heavy atom. The third-order valence-electron chi connectivity index (χ3n) is 12.4. The highest BCUT2D eigenvalue weighted by molar-refractivity contribution is 5.71. The highest BCUT2D eigenvalue weighted by Gasteiger charge is 2.25. The van der Waals surface area contributed by atoms with Crippen molar-refractivity contribution in [1.29, 1.82) is 0 Å². The topological polar surface area (TPSA) is 108 Å². The normalized spacial score (nSPS) is 13.0. The van der Waals surface area contributed by atoms with E-state index in [1.54, 1.807) is 0 Å². The van der Waals surface area contributed by atoms with E-state index >= 15 is 0 Å². The molecule has 0 radical (unpaired) electrons. The molecule has 0 aliphatic carbocycles. The van der Waals surface area contributed by atoms with Gasteiger partial charge in [0.1, 0.15) is 13.2 Å². The van der Waals surface area contributed by atoms with Crippen LogP contribution in [0.4, 0.5) is 0 Å². The Morgan fingerprint density at radius 3 is 1.19 bits per heavy atom. The van der Waals surface area contributed by atoms with Crippen molar-refractivity contribution >= 4 is 17.9 Å². The Bertz CT molecular complexity index is 1190. The molecular formula is C58H108NO8+. The van der Waals surface area contributed by atoms with Gasteiger partial charge in [0.15, 0.2) is 6.10 Å². The van der Waals surface area contributed by atoms with Crippen molar-refractivity contribution in [3.63, 3.8) is 0 Å². The fourth-order valence-corrected chi connectivity index (χ4v) is 8.02. The van der Waals surface area contributed by atoms with Gasteiger partial charge in [-0.3, -0.25) is 9.59 Å². The van der Waals surface area contributed by atoms with Crippen molar-refractivity contribution in [2.24, 2.45) is 0 Å². The summed E-state index contributed by atoms with van der Waals surface area (Å²) in [5.41, 5.74) is 0. The monoisotopic (exact) mass is 947 g/mol. The minimum atomic E-state index is -1.51. The van der Waals surface area contributed by atoms with Gasteiger partial charge in [-0.1, -0.05) is 230 Å². The van der Waals surface area contributed by atoms with E-state index in [1.807, 2.05) is 21.1 Å². The first-order valence-corrected chi connectivity index (χ1v) is 28.2. The van der Waals surface area contributed by atoms with Crippen molar-refractivity contribution in [1.82, 2.24) is 0 Å². The maximum absolute atomic E-state index is 12.8. The molecule has 0 spiro atoms. The average Bonchev–Trinajstić information content (AvgIpc) is 3.29. The number of aliphatic carboxylic acids is 1. The predicted molar refractivity (Wildman–Crippen MR) is 281 cm³/mol. The summed E-state index contributed by atoms with van der Waals surface area (Å²) >= 11 is 0. The van der Waals surface area contributed by atoms with Gasteiger partial charge in [-0.2, -0.15) is 0 Å². The highest BCUT2D eigenvalue weighted by atomic mass is 16.7. The molecule has 1 N–H and O–H groups in total. The van der Waals surface area contributed by atoms with Gasteiger partial charge in [-0.05, 0) is 51.4 Å². The van der Waals surface area contributed by atoms with Gasteiger partial charge in [0, 0.05) is 12.8 Å². The molecule has 0 fully saturated rings. The summed E-state index contributed by atoms with van der Waals surface area (Å²) in [5.74, 6) is -1.99. The third-order valence-corrected chi connectivity index (χ3v) is 12.4. The lowest BCUT2D eigenvalue weighted by Gasteiger charge is -2.25. The van der Waals surface area contributed by atoms with Crippen LogP contribution in [0.25, 0.3) is 0 Å². The molecule has 392 valence electrons. The number of quaternary nitrogens is 1. The number of rotatable bonds is 52. The number of carbonyl (C=O) groups is 3. The maximum atomic E-state index is 12.8. The van der Waals surface area contributed by atoms with E-state index in [1.165, 1.54) is 180 Å². The Balaban J connectivity index is 4.09. The van der Waals surface area contributed by atoms with Crippen molar-refractivity contribution in [2.75, 3.05) is 47.5 Å². The van der Waals surface area contributed by atoms with Gasteiger partial charge in [0.2, 0.25) is 0 Å². The van der Waals surface area contributed by atoms with Gasteiger partial charge in [-0.25, -0.2) is 4.79 Å². The summed E-state index contributed by atoms with van der Waals surface area (Å²) in [6.45, 7) is 4.88. The van der Waals surface area contributed by atoms with Crippen LogP contribution in [0.1, 0.15) is 258 Å². The third kappa shape index (κ3) is 51.2. The quantitative estimate of drug-likeness (QED) is 0.0211. The molecule has 0 aliphatic rings. The number of ether oxygens (including phenoxy) is 4. The van der Waals surface area contributed by atoms with Crippen LogP contribution in [0.3, 0.4) is 0 Å². The van der Waals surface area contributed by atoms with E-state index in [4.69, 9.17) is 18.9 Å². The summed E-state index contributed by atoms with van der Waals surface area (Å²) in [4.78, 5) is 37.2. The number of carboxylic acids is 1. The van der Waals surface area contributed by atoms with E-state index in [-0.39, 0.29) is 32.2 Å². The maximum Gasteiger partial charge on any atom is 0.361 e. The number of likely N-dealkylation sites (N-methyl/N-ethyl adjacent to an activating group) is 1. The van der Waals surface area contributed by atoms with Crippen LogP contribution >= 0.6 is 0 Å². The van der Waals surface area contributed by atoms with Crippen LogP contribution in [-0.2, 0) is 33.3 Å². The first-order valence-electron chi connectivity index (χ1n) is 28.2. The fraction of sp³-hybridized carbons (Fsp3) is 0.845. The first kappa shape index (κ1) is 64.5. The van der Waals surface area contributed by atoms with Crippen LogP contribution in [0.15, 0.2) is 36.5 Å². The lowest BCUT2D eigenvalue weighted by molar-refractivity contribution is -0.870. The minimum Gasteiger partial charge on any atom is -0.477 e. The van der Waals surface area contributed by atoms with Gasteiger partial charge in [-0.15, -0.1) is 0 Å². The number of esters is 2. The molecule has 9 nitrogen and oxygen atoms in total. The molecule has 2 unspecified atom stereocenters. The molecule has 0 amide bonds. The summed E-state index contributed by atoms with van der Waals surface area (Å²) in [6.07, 6.45) is 56.6. The Hall–Kier alpha value is -2.49. The number of carbonyl (C=O) groups excluding carboxylic acids is 2. The average molecular weight is 948 g/mol. The molecule has 0 heterocycles. The number of allylic oxidation sites excluding steroid dienone is 6. The number of carboxylic acid groups (broad SMARTS) is 1. The van der Waals surface area contributed by atoms with Crippen LogP contribution in [0, 0.1) is 0 Å². The van der Waals surface area contributed by atoms with E-state index in [2.05, 4.69) is 50.3 Å². The van der Waals surface area contributed by atoms with Gasteiger partial charge < -0.3 is 28.5 Å². The molecule has 0 saturated carbocycles. The Kier molecular flexibility index (Phi) is 48.1. The second-order valence-corrected chi connectivity index (χ2v) is 20.3. The number of nitrogens with zero attached hydrogens (tertiary/aromatic N) is 1. The van der Waals surface area contributed by atoms with E-state index in [0.717, 1.165) is 51.4 Å². The van der Waals surface area contributed by atoms with Crippen LogP contribution < -0.4 is 0 Å². The molecule has 0 rings (SSSR count).